The van der Waals surface area contributed by atoms with Gasteiger partial charge in [0.2, 0.25) is 0 Å². The van der Waals surface area contributed by atoms with Gasteiger partial charge < -0.3 is 15.2 Å². The molecule has 0 saturated carbocycles. The highest BCUT2D eigenvalue weighted by Gasteiger charge is 2.20. The Labute approximate surface area is 121 Å². The van der Waals surface area contributed by atoms with Gasteiger partial charge >= 0.3 is 0 Å². The quantitative estimate of drug-likeness (QED) is 0.850. The summed E-state index contributed by atoms with van der Waals surface area (Å²) in [5.74, 6) is -0.245. The number of hydrogen-bond acceptors (Lipinski definition) is 4. The normalized spacial score (nSPS) is 14.9. The molecule has 1 unspecified atom stereocenters. The Balaban J connectivity index is 2.05. The van der Waals surface area contributed by atoms with Crippen molar-refractivity contribution in [1.82, 2.24) is 0 Å². The van der Waals surface area contributed by atoms with Crippen molar-refractivity contribution in [2.75, 3.05) is 18.5 Å². The van der Waals surface area contributed by atoms with Gasteiger partial charge in [0, 0.05) is 29.3 Å². The van der Waals surface area contributed by atoms with Crippen LogP contribution in [0, 0.1) is 5.82 Å². The van der Waals surface area contributed by atoms with Crippen molar-refractivity contribution >= 4 is 17.0 Å². The SMILES string of the molecule is CCOC(O)c1cc2c(s1)-c1ccc(F)cc1NCC2. The Bertz CT molecular complexity index is 626. The number of halogens is 1. The smallest absolute Gasteiger partial charge is 0.190 e. The molecular weight excluding hydrogens is 277 g/mol. The number of anilines is 1. The molecule has 0 saturated heterocycles. The maximum Gasteiger partial charge on any atom is 0.190 e. The van der Waals surface area contributed by atoms with Gasteiger partial charge in [-0.3, -0.25) is 0 Å². The number of ether oxygens (including phenoxy) is 1. The topological polar surface area (TPSA) is 41.5 Å². The van der Waals surface area contributed by atoms with Crippen LogP contribution >= 0.6 is 11.3 Å². The average molecular weight is 293 g/mol. The molecule has 106 valence electrons. The van der Waals surface area contributed by atoms with Crippen LogP contribution in [0.5, 0.6) is 0 Å². The number of aliphatic hydroxyl groups excluding tert-OH is 1. The molecule has 1 atom stereocenters. The van der Waals surface area contributed by atoms with Gasteiger partial charge in [-0.15, -0.1) is 11.3 Å². The minimum absolute atomic E-state index is 0.245. The minimum Gasteiger partial charge on any atom is -0.384 e. The predicted octanol–water partition coefficient (Wildman–Crippen LogP) is 3.55. The van der Waals surface area contributed by atoms with Crippen LogP contribution in [0.15, 0.2) is 24.3 Å². The highest BCUT2D eigenvalue weighted by Crippen LogP contribution is 2.41. The van der Waals surface area contributed by atoms with Gasteiger partial charge in [-0.2, -0.15) is 0 Å². The molecule has 3 rings (SSSR count). The van der Waals surface area contributed by atoms with E-state index in [9.17, 15) is 9.50 Å². The third-order valence-electron chi connectivity index (χ3n) is 3.33. The largest absolute Gasteiger partial charge is 0.384 e. The summed E-state index contributed by atoms with van der Waals surface area (Å²) in [6, 6.07) is 6.76. The van der Waals surface area contributed by atoms with Crippen molar-refractivity contribution in [2.45, 2.75) is 19.6 Å². The van der Waals surface area contributed by atoms with E-state index < -0.39 is 6.29 Å². The number of aliphatic hydroxyl groups is 1. The van der Waals surface area contributed by atoms with Crippen molar-refractivity contribution in [1.29, 1.82) is 0 Å². The molecule has 3 nitrogen and oxygen atoms in total. The molecule has 5 heteroatoms. The van der Waals surface area contributed by atoms with Gasteiger partial charge in [-0.1, -0.05) is 0 Å². The van der Waals surface area contributed by atoms with Crippen LogP contribution in [-0.4, -0.2) is 18.3 Å². The van der Waals surface area contributed by atoms with Gasteiger partial charge in [0.25, 0.3) is 0 Å². The lowest BCUT2D eigenvalue weighted by Gasteiger charge is -2.09. The Hall–Kier alpha value is -1.43. The summed E-state index contributed by atoms with van der Waals surface area (Å²) in [6.07, 6.45) is -0.0326. The third kappa shape index (κ3) is 2.44. The number of nitrogens with one attached hydrogen (secondary N) is 1. The molecule has 1 aliphatic heterocycles. The van der Waals surface area contributed by atoms with Crippen LogP contribution in [0.4, 0.5) is 10.1 Å². The monoisotopic (exact) mass is 293 g/mol. The molecule has 0 spiro atoms. The second-order valence-electron chi connectivity index (χ2n) is 4.68. The molecule has 1 aromatic carbocycles. The molecule has 0 bridgehead atoms. The zero-order chi connectivity index (χ0) is 14.1. The molecule has 0 amide bonds. The van der Waals surface area contributed by atoms with Crippen LogP contribution in [0.2, 0.25) is 0 Å². The Morgan fingerprint density at radius 2 is 2.30 bits per heavy atom. The zero-order valence-corrected chi connectivity index (χ0v) is 12.0. The van der Waals surface area contributed by atoms with E-state index in [1.54, 1.807) is 6.07 Å². The van der Waals surface area contributed by atoms with Crippen molar-refractivity contribution < 1.29 is 14.2 Å². The van der Waals surface area contributed by atoms with E-state index in [1.807, 2.05) is 13.0 Å². The van der Waals surface area contributed by atoms with E-state index in [2.05, 4.69) is 5.32 Å². The van der Waals surface area contributed by atoms with E-state index in [0.29, 0.717) is 6.61 Å². The molecule has 2 N–H and O–H groups in total. The molecule has 2 heterocycles. The second kappa shape index (κ2) is 5.52. The highest BCUT2D eigenvalue weighted by atomic mass is 32.1. The van der Waals surface area contributed by atoms with Gasteiger partial charge in [0.1, 0.15) is 5.82 Å². The summed E-state index contributed by atoms with van der Waals surface area (Å²) in [7, 11) is 0. The van der Waals surface area contributed by atoms with Crippen molar-refractivity contribution in [3.05, 3.63) is 40.5 Å². The molecule has 1 aromatic heterocycles. The summed E-state index contributed by atoms with van der Waals surface area (Å²) in [4.78, 5) is 1.88. The van der Waals surface area contributed by atoms with Gasteiger partial charge in [-0.25, -0.2) is 4.39 Å². The van der Waals surface area contributed by atoms with Crippen LogP contribution in [0.3, 0.4) is 0 Å². The molecule has 2 aromatic rings. The van der Waals surface area contributed by atoms with E-state index in [0.717, 1.165) is 34.0 Å². The minimum atomic E-state index is -0.881. The Morgan fingerprint density at radius 1 is 1.45 bits per heavy atom. The fraction of sp³-hybridized carbons (Fsp3) is 0.333. The van der Waals surface area contributed by atoms with Crippen LogP contribution < -0.4 is 5.32 Å². The predicted molar refractivity (Wildman–Crippen MR) is 78.5 cm³/mol. The summed E-state index contributed by atoms with van der Waals surface area (Å²) in [6.45, 7) is 3.07. The van der Waals surface area contributed by atoms with Crippen molar-refractivity contribution in [3.8, 4) is 10.4 Å². The Morgan fingerprint density at radius 3 is 3.10 bits per heavy atom. The lowest BCUT2D eigenvalue weighted by Crippen LogP contribution is -2.03. The lowest BCUT2D eigenvalue weighted by atomic mass is 10.1. The highest BCUT2D eigenvalue weighted by molar-refractivity contribution is 7.15. The van der Waals surface area contributed by atoms with Crippen LogP contribution in [0.1, 0.15) is 23.7 Å². The molecular formula is C15H16FNO2S. The van der Waals surface area contributed by atoms with Crippen LogP contribution in [0.25, 0.3) is 10.4 Å². The third-order valence-corrected chi connectivity index (χ3v) is 4.57. The fourth-order valence-corrected chi connectivity index (χ4v) is 3.60. The Kier molecular flexibility index (Phi) is 3.74. The van der Waals surface area contributed by atoms with E-state index in [-0.39, 0.29) is 5.82 Å². The standard InChI is InChI=1S/C15H16FNO2S/c1-2-19-15(18)13-7-9-5-6-17-12-8-10(16)3-4-11(12)14(9)20-13/h3-4,7-8,15,17-18H,2,5-6H2,1H3. The first-order valence-corrected chi connectivity index (χ1v) is 7.46. The fourth-order valence-electron chi connectivity index (χ4n) is 2.42. The summed E-state index contributed by atoms with van der Waals surface area (Å²) >= 11 is 1.51. The maximum atomic E-state index is 13.3. The molecule has 0 fully saturated rings. The molecule has 20 heavy (non-hydrogen) atoms. The average Bonchev–Trinajstić information content (AvgIpc) is 2.77. The van der Waals surface area contributed by atoms with Crippen molar-refractivity contribution in [3.63, 3.8) is 0 Å². The molecule has 0 radical (unpaired) electrons. The number of benzene rings is 1. The number of fused-ring (bicyclic) bond motifs is 3. The maximum absolute atomic E-state index is 13.3. The first-order chi connectivity index (χ1) is 9.69. The van der Waals surface area contributed by atoms with Crippen molar-refractivity contribution in [2.24, 2.45) is 0 Å². The van der Waals surface area contributed by atoms with E-state index in [4.69, 9.17) is 4.74 Å². The van der Waals surface area contributed by atoms with Gasteiger partial charge in [0.15, 0.2) is 6.29 Å². The van der Waals surface area contributed by atoms with Gasteiger partial charge in [-0.05, 0) is 43.2 Å². The summed E-state index contributed by atoms with van der Waals surface area (Å²) in [5.41, 5.74) is 2.96. The summed E-state index contributed by atoms with van der Waals surface area (Å²) in [5, 5.41) is 13.2. The first-order valence-electron chi connectivity index (χ1n) is 6.65. The van der Waals surface area contributed by atoms with E-state index in [1.165, 1.54) is 29.0 Å². The first kappa shape index (κ1) is 13.5. The van der Waals surface area contributed by atoms with Crippen LogP contribution in [-0.2, 0) is 11.2 Å². The zero-order valence-electron chi connectivity index (χ0n) is 11.1. The lowest BCUT2D eigenvalue weighted by molar-refractivity contribution is -0.0955. The van der Waals surface area contributed by atoms with Gasteiger partial charge in [0.05, 0.1) is 4.88 Å². The molecule has 0 aliphatic carbocycles. The number of rotatable bonds is 3. The second-order valence-corrected chi connectivity index (χ2v) is 5.76. The van der Waals surface area contributed by atoms with E-state index >= 15 is 0 Å². The number of hydrogen-bond donors (Lipinski definition) is 2. The molecule has 1 aliphatic rings. The number of thiophene rings is 1. The summed E-state index contributed by atoms with van der Waals surface area (Å²) < 4.78 is 18.6.